The molecule has 0 aromatic heterocycles. The number of rotatable bonds is 3. The van der Waals surface area contributed by atoms with Gasteiger partial charge in [0.25, 0.3) is 0 Å². The van der Waals surface area contributed by atoms with Crippen molar-refractivity contribution in [1.82, 2.24) is 5.32 Å². The Kier molecular flexibility index (Phi) is 4.48. The molecule has 21 heavy (non-hydrogen) atoms. The van der Waals surface area contributed by atoms with Gasteiger partial charge in [-0.2, -0.15) is 0 Å². The fraction of sp³-hybridized carbons (Fsp3) is 0.667. The Morgan fingerprint density at radius 2 is 1.95 bits per heavy atom. The lowest BCUT2D eigenvalue weighted by molar-refractivity contribution is -0.263. The van der Waals surface area contributed by atoms with Crippen LogP contribution >= 0.6 is 0 Å². The Labute approximate surface area is 128 Å². The second kappa shape index (κ2) is 5.71. The van der Waals surface area contributed by atoms with Crippen LogP contribution in [0.1, 0.15) is 56.9 Å². The Hall–Kier alpha value is -0.900. The van der Waals surface area contributed by atoms with E-state index in [0.29, 0.717) is 6.61 Å². The quantitative estimate of drug-likeness (QED) is 0.899. The third-order valence-corrected chi connectivity index (χ3v) is 4.56. The fourth-order valence-electron chi connectivity index (χ4n) is 3.39. The molecule has 0 spiro atoms. The maximum atomic E-state index is 11.1. The first-order valence-corrected chi connectivity index (χ1v) is 8.00. The lowest BCUT2D eigenvalue weighted by Crippen LogP contribution is -2.63. The Balaban J connectivity index is 2.44. The van der Waals surface area contributed by atoms with E-state index in [9.17, 15) is 5.11 Å². The van der Waals surface area contributed by atoms with Crippen molar-refractivity contribution in [3.63, 3.8) is 0 Å². The van der Waals surface area contributed by atoms with Gasteiger partial charge in [0.2, 0.25) is 5.79 Å². The van der Waals surface area contributed by atoms with Crippen molar-refractivity contribution in [3.8, 4) is 0 Å². The summed E-state index contributed by atoms with van der Waals surface area (Å²) in [7, 11) is 0. The molecular weight excluding hydrogens is 262 g/mol. The summed E-state index contributed by atoms with van der Waals surface area (Å²) in [5.41, 5.74) is 4.69. The van der Waals surface area contributed by atoms with Gasteiger partial charge in [0.05, 0.1) is 12.6 Å². The highest BCUT2D eigenvalue weighted by Gasteiger charge is 2.45. The molecule has 1 aromatic rings. The molecule has 3 heteroatoms. The van der Waals surface area contributed by atoms with E-state index in [-0.39, 0.29) is 11.6 Å². The summed E-state index contributed by atoms with van der Waals surface area (Å²) in [5.74, 6) is -1.25. The normalized spacial score (nSPS) is 28.6. The number of aryl methyl sites for hydroxylation is 2. The van der Waals surface area contributed by atoms with Crippen molar-refractivity contribution in [2.75, 3.05) is 6.61 Å². The van der Waals surface area contributed by atoms with Crippen molar-refractivity contribution in [2.24, 2.45) is 0 Å². The van der Waals surface area contributed by atoms with Gasteiger partial charge in [0.1, 0.15) is 0 Å². The van der Waals surface area contributed by atoms with E-state index in [1.807, 2.05) is 6.92 Å². The standard InChI is InChI=1S/C18H29NO2/c1-7-14-10-15(9-12(3)16(14)8-2)18(20)13(4)19-17(5,6)11-21-18/h9-10,13,19-20H,7-8,11H2,1-6H3. The highest BCUT2D eigenvalue weighted by Crippen LogP contribution is 2.34. The number of benzene rings is 1. The average Bonchev–Trinajstić information content (AvgIpc) is 2.42. The molecule has 1 aromatic carbocycles. The molecule has 1 aliphatic rings. The maximum absolute atomic E-state index is 11.1. The first kappa shape index (κ1) is 16.5. The highest BCUT2D eigenvalue weighted by atomic mass is 16.6. The summed E-state index contributed by atoms with van der Waals surface area (Å²) < 4.78 is 5.90. The molecule has 2 atom stereocenters. The van der Waals surface area contributed by atoms with Crippen LogP contribution in [0.2, 0.25) is 0 Å². The van der Waals surface area contributed by atoms with Crippen molar-refractivity contribution in [3.05, 3.63) is 34.4 Å². The van der Waals surface area contributed by atoms with Crippen LogP contribution in [0, 0.1) is 6.92 Å². The van der Waals surface area contributed by atoms with E-state index in [2.05, 4.69) is 52.1 Å². The molecule has 1 heterocycles. The molecule has 2 N–H and O–H groups in total. The van der Waals surface area contributed by atoms with Gasteiger partial charge in [-0.15, -0.1) is 0 Å². The molecule has 2 rings (SSSR count). The van der Waals surface area contributed by atoms with Crippen LogP contribution < -0.4 is 5.32 Å². The van der Waals surface area contributed by atoms with Crippen LogP contribution in [0.4, 0.5) is 0 Å². The van der Waals surface area contributed by atoms with Crippen LogP contribution in [0.3, 0.4) is 0 Å². The molecule has 3 nitrogen and oxygen atoms in total. The van der Waals surface area contributed by atoms with Gasteiger partial charge in [-0.3, -0.25) is 0 Å². The van der Waals surface area contributed by atoms with Crippen LogP contribution in [-0.4, -0.2) is 23.3 Å². The van der Waals surface area contributed by atoms with Crippen molar-refractivity contribution in [2.45, 2.75) is 71.8 Å². The van der Waals surface area contributed by atoms with E-state index in [1.54, 1.807) is 0 Å². The minimum absolute atomic E-state index is 0.113. The van der Waals surface area contributed by atoms with E-state index >= 15 is 0 Å². The first-order valence-electron chi connectivity index (χ1n) is 8.00. The lowest BCUT2D eigenvalue weighted by Gasteiger charge is -2.46. The van der Waals surface area contributed by atoms with Gasteiger partial charge < -0.3 is 15.2 Å². The van der Waals surface area contributed by atoms with Gasteiger partial charge in [0.15, 0.2) is 0 Å². The predicted octanol–water partition coefficient (Wildman–Crippen LogP) is 3.05. The summed E-state index contributed by atoms with van der Waals surface area (Å²) in [4.78, 5) is 0. The topological polar surface area (TPSA) is 41.5 Å². The average molecular weight is 291 g/mol. The summed E-state index contributed by atoms with van der Waals surface area (Å²) in [6.07, 6.45) is 2.00. The number of hydrogen-bond donors (Lipinski definition) is 2. The fourth-order valence-corrected chi connectivity index (χ4v) is 3.39. The molecule has 0 amide bonds. The molecule has 0 aliphatic carbocycles. The van der Waals surface area contributed by atoms with Gasteiger partial charge in [-0.1, -0.05) is 26.0 Å². The monoisotopic (exact) mass is 291 g/mol. The maximum Gasteiger partial charge on any atom is 0.208 e. The van der Waals surface area contributed by atoms with E-state index < -0.39 is 5.79 Å². The highest BCUT2D eigenvalue weighted by molar-refractivity contribution is 5.41. The number of hydrogen-bond acceptors (Lipinski definition) is 3. The minimum atomic E-state index is -1.25. The second-order valence-electron chi connectivity index (χ2n) is 6.87. The van der Waals surface area contributed by atoms with Gasteiger partial charge in [0, 0.05) is 11.1 Å². The van der Waals surface area contributed by atoms with Crippen LogP contribution in [0.5, 0.6) is 0 Å². The Bertz CT molecular complexity index is 524. The zero-order valence-corrected chi connectivity index (χ0v) is 14.2. The number of nitrogens with one attached hydrogen (secondary N) is 1. The molecule has 0 bridgehead atoms. The van der Waals surface area contributed by atoms with Gasteiger partial charge in [-0.25, -0.2) is 0 Å². The summed E-state index contributed by atoms with van der Waals surface area (Å²) >= 11 is 0. The Morgan fingerprint density at radius 1 is 1.29 bits per heavy atom. The van der Waals surface area contributed by atoms with Crippen LogP contribution in [0.15, 0.2) is 12.1 Å². The predicted molar refractivity (Wildman–Crippen MR) is 86.5 cm³/mol. The zero-order chi connectivity index (χ0) is 15.8. The molecular formula is C18H29NO2. The second-order valence-corrected chi connectivity index (χ2v) is 6.87. The Morgan fingerprint density at radius 3 is 2.48 bits per heavy atom. The SMILES string of the molecule is CCc1cc(C2(O)OCC(C)(C)NC2C)cc(C)c1CC. The molecule has 2 unspecified atom stereocenters. The van der Waals surface area contributed by atoms with Crippen molar-refractivity contribution >= 4 is 0 Å². The lowest BCUT2D eigenvalue weighted by atomic mass is 9.87. The molecule has 0 radical (unpaired) electrons. The van der Waals surface area contributed by atoms with Gasteiger partial charge in [-0.05, 0) is 57.2 Å². The zero-order valence-electron chi connectivity index (χ0n) is 14.2. The number of morpholine rings is 1. The first-order chi connectivity index (χ1) is 9.73. The number of ether oxygens (including phenoxy) is 1. The van der Waals surface area contributed by atoms with Crippen molar-refractivity contribution in [1.29, 1.82) is 0 Å². The summed E-state index contributed by atoms with van der Waals surface area (Å²) in [6, 6.07) is 4.04. The summed E-state index contributed by atoms with van der Waals surface area (Å²) in [6.45, 7) is 13.1. The largest absolute Gasteiger partial charge is 0.361 e. The summed E-state index contributed by atoms with van der Waals surface area (Å²) in [5, 5.41) is 14.5. The molecule has 1 aliphatic heterocycles. The van der Waals surface area contributed by atoms with Crippen LogP contribution in [0.25, 0.3) is 0 Å². The molecule has 118 valence electrons. The smallest absolute Gasteiger partial charge is 0.208 e. The van der Waals surface area contributed by atoms with Crippen molar-refractivity contribution < 1.29 is 9.84 Å². The van der Waals surface area contributed by atoms with Crippen LogP contribution in [-0.2, 0) is 23.4 Å². The molecule has 1 fully saturated rings. The van der Waals surface area contributed by atoms with E-state index in [0.717, 1.165) is 18.4 Å². The van der Waals surface area contributed by atoms with E-state index in [4.69, 9.17) is 4.74 Å². The minimum Gasteiger partial charge on any atom is -0.361 e. The third kappa shape index (κ3) is 3.01. The molecule has 0 saturated carbocycles. The van der Waals surface area contributed by atoms with Gasteiger partial charge >= 0.3 is 0 Å². The molecule has 1 saturated heterocycles. The number of aliphatic hydroxyl groups is 1. The third-order valence-electron chi connectivity index (χ3n) is 4.56. The van der Waals surface area contributed by atoms with E-state index in [1.165, 1.54) is 16.7 Å².